The van der Waals surface area contributed by atoms with Gasteiger partial charge in [-0.05, 0) is 48.4 Å². The van der Waals surface area contributed by atoms with Gasteiger partial charge in [0.25, 0.3) is 5.91 Å². The van der Waals surface area contributed by atoms with Crippen LogP contribution in [0, 0.1) is 5.82 Å². The molecule has 0 radical (unpaired) electrons. The van der Waals surface area contributed by atoms with Crippen LogP contribution in [0.2, 0.25) is 0 Å². The van der Waals surface area contributed by atoms with Gasteiger partial charge in [-0.25, -0.2) is 9.37 Å². The van der Waals surface area contributed by atoms with Gasteiger partial charge in [0, 0.05) is 17.7 Å². The molecule has 0 aliphatic rings. The lowest BCUT2D eigenvalue weighted by Crippen LogP contribution is -2.26. The summed E-state index contributed by atoms with van der Waals surface area (Å²) in [5, 5.41) is 2.87. The van der Waals surface area contributed by atoms with E-state index in [4.69, 9.17) is 10.2 Å². The molecule has 4 rings (SSSR count). The van der Waals surface area contributed by atoms with E-state index in [9.17, 15) is 14.0 Å². The lowest BCUT2D eigenvalue weighted by atomic mass is 10.1. The Labute approximate surface area is 183 Å². The van der Waals surface area contributed by atoms with Crippen molar-refractivity contribution in [1.82, 2.24) is 10.3 Å². The number of carbonyl (C=O) groups excluding carboxylic acids is 2. The first-order valence-corrected chi connectivity index (χ1v) is 10.00. The summed E-state index contributed by atoms with van der Waals surface area (Å²) in [5.74, 6) is -0.699. The first-order valence-electron chi connectivity index (χ1n) is 10.00. The number of benzene rings is 3. The highest BCUT2D eigenvalue weighted by atomic mass is 19.1. The first kappa shape index (κ1) is 21.0. The van der Waals surface area contributed by atoms with Gasteiger partial charge in [0.05, 0.1) is 17.3 Å². The number of amides is 2. The largest absolute Gasteiger partial charge is 0.436 e. The van der Waals surface area contributed by atoms with E-state index in [0.717, 1.165) is 5.56 Å². The molecule has 3 aromatic carbocycles. The van der Waals surface area contributed by atoms with Crippen LogP contribution in [0.3, 0.4) is 0 Å². The summed E-state index contributed by atoms with van der Waals surface area (Å²) < 4.78 is 19.8. The van der Waals surface area contributed by atoms with Crippen molar-refractivity contribution in [2.75, 3.05) is 6.54 Å². The molecule has 7 heteroatoms. The molecule has 0 saturated carbocycles. The van der Waals surface area contributed by atoms with Gasteiger partial charge in [0.1, 0.15) is 5.82 Å². The second-order valence-corrected chi connectivity index (χ2v) is 7.13. The number of primary amides is 1. The van der Waals surface area contributed by atoms with Gasteiger partial charge in [-0.15, -0.1) is 0 Å². The van der Waals surface area contributed by atoms with Crippen LogP contribution in [0.25, 0.3) is 22.8 Å². The van der Waals surface area contributed by atoms with E-state index < -0.39 is 11.7 Å². The number of hydrogen-bond donors (Lipinski definition) is 2. The normalized spacial score (nSPS) is 10.7. The molecular formula is C25H20FN3O3. The van der Waals surface area contributed by atoms with Crippen LogP contribution in [0.5, 0.6) is 0 Å². The van der Waals surface area contributed by atoms with Crippen LogP contribution in [0.15, 0.2) is 83.4 Å². The standard InChI is InChI=1S/C25H20FN3O3/c26-21-11-4-3-10-20(21)22-15-29-25(32-22)19-9-2-1-8-18(19)24(31)28-13-12-16-6-5-7-17(14-16)23(27)30/h1-11,14-15H,12-13H2,(H2,27,30)(H,28,31). The van der Waals surface area contributed by atoms with Crippen LogP contribution >= 0.6 is 0 Å². The highest BCUT2D eigenvalue weighted by Crippen LogP contribution is 2.29. The number of oxazole rings is 1. The Morgan fingerprint density at radius 1 is 0.969 bits per heavy atom. The van der Waals surface area contributed by atoms with Gasteiger partial charge in [-0.1, -0.05) is 36.4 Å². The molecule has 1 aromatic heterocycles. The fourth-order valence-electron chi connectivity index (χ4n) is 3.35. The zero-order valence-corrected chi connectivity index (χ0v) is 17.0. The van der Waals surface area contributed by atoms with E-state index in [1.807, 2.05) is 6.07 Å². The number of hydrogen-bond acceptors (Lipinski definition) is 4. The smallest absolute Gasteiger partial charge is 0.252 e. The van der Waals surface area contributed by atoms with Gasteiger partial charge in [0.2, 0.25) is 11.8 Å². The van der Waals surface area contributed by atoms with Gasteiger partial charge >= 0.3 is 0 Å². The van der Waals surface area contributed by atoms with E-state index in [1.54, 1.807) is 60.7 Å². The summed E-state index contributed by atoms with van der Waals surface area (Å²) >= 11 is 0. The minimum Gasteiger partial charge on any atom is -0.436 e. The quantitative estimate of drug-likeness (QED) is 0.460. The minimum absolute atomic E-state index is 0.225. The number of carbonyl (C=O) groups is 2. The van der Waals surface area contributed by atoms with Crippen LogP contribution in [-0.4, -0.2) is 23.3 Å². The third-order valence-electron chi connectivity index (χ3n) is 4.96. The molecule has 2 amide bonds. The third kappa shape index (κ3) is 4.57. The number of aromatic nitrogens is 1. The Bertz CT molecular complexity index is 1280. The molecule has 3 N–H and O–H groups in total. The van der Waals surface area contributed by atoms with E-state index in [2.05, 4.69) is 10.3 Å². The van der Waals surface area contributed by atoms with Crippen molar-refractivity contribution in [3.8, 4) is 22.8 Å². The summed E-state index contributed by atoms with van der Waals surface area (Å²) in [6.07, 6.45) is 1.97. The van der Waals surface area contributed by atoms with E-state index in [1.165, 1.54) is 12.3 Å². The Morgan fingerprint density at radius 2 is 1.72 bits per heavy atom. The molecule has 0 aliphatic heterocycles. The van der Waals surface area contributed by atoms with E-state index >= 15 is 0 Å². The van der Waals surface area contributed by atoms with Crippen molar-refractivity contribution in [3.05, 3.63) is 102 Å². The van der Waals surface area contributed by atoms with Crippen molar-refractivity contribution >= 4 is 11.8 Å². The molecule has 0 saturated heterocycles. The Kier molecular flexibility index (Phi) is 6.07. The van der Waals surface area contributed by atoms with Crippen LogP contribution in [0.1, 0.15) is 26.3 Å². The Balaban J connectivity index is 1.49. The number of nitrogens with one attached hydrogen (secondary N) is 1. The maximum absolute atomic E-state index is 14.1. The molecule has 160 valence electrons. The second-order valence-electron chi connectivity index (χ2n) is 7.13. The SMILES string of the molecule is NC(=O)c1cccc(CCNC(=O)c2ccccc2-c2ncc(-c3ccccc3F)o2)c1. The van der Waals surface area contributed by atoms with Gasteiger partial charge in [-0.2, -0.15) is 0 Å². The average molecular weight is 429 g/mol. The summed E-state index contributed by atoms with van der Waals surface area (Å²) in [6.45, 7) is 0.363. The Hall–Kier alpha value is -4.26. The topological polar surface area (TPSA) is 98.2 Å². The number of halogens is 1. The van der Waals surface area contributed by atoms with Crippen LogP contribution in [-0.2, 0) is 6.42 Å². The van der Waals surface area contributed by atoms with E-state index in [0.29, 0.717) is 35.2 Å². The zero-order chi connectivity index (χ0) is 22.5. The van der Waals surface area contributed by atoms with Gasteiger partial charge in [0.15, 0.2) is 5.76 Å². The predicted octanol–water partition coefficient (Wildman–Crippen LogP) is 4.22. The monoisotopic (exact) mass is 429 g/mol. The molecule has 0 bridgehead atoms. The highest BCUT2D eigenvalue weighted by molar-refractivity contribution is 6.00. The first-order chi connectivity index (χ1) is 15.5. The molecule has 4 aromatic rings. The molecule has 0 spiro atoms. The van der Waals surface area contributed by atoms with Gasteiger partial charge in [-0.3, -0.25) is 9.59 Å². The number of nitrogens with zero attached hydrogens (tertiary/aromatic N) is 1. The van der Waals surface area contributed by atoms with Crippen LogP contribution < -0.4 is 11.1 Å². The molecule has 1 heterocycles. The van der Waals surface area contributed by atoms with Crippen molar-refractivity contribution in [2.24, 2.45) is 5.73 Å². The fourth-order valence-corrected chi connectivity index (χ4v) is 3.35. The Morgan fingerprint density at radius 3 is 2.50 bits per heavy atom. The summed E-state index contributed by atoms with van der Waals surface area (Å²) in [7, 11) is 0. The maximum atomic E-state index is 14.1. The zero-order valence-electron chi connectivity index (χ0n) is 17.0. The summed E-state index contributed by atoms with van der Waals surface area (Å²) in [5.41, 5.74) is 7.81. The molecule has 0 unspecified atom stereocenters. The lowest BCUT2D eigenvalue weighted by Gasteiger charge is -2.09. The van der Waals surface area contributed by atoms with Crippen LogP contribution in [0.4, 0.5) is 4.39 Å². The molecule has 0 atom stereocenters. The molecular weight excluding hydrogens is 409 g/mol. The molecule has 6 nitrogen and oxygen atoms in total. The summed E-state index contributed by atoms with van der Waals surface area (Å²) in [4.78, 5) is 28.4. The molecule has 0 fully saturated rings. The molecule has 0 aliphatic carbocycles. The summed E-state index contributed by atoms with van der Waals surface area (Å²) in [6, 6.07) is 20.1. The van der Waals surface area contributed by atoms with Crippen molar-refractivity contribution in [3.63, 3.8) is 0 Å². The highest BCUT2D eigenvalue weighted by Gasteiger charge is 2.17. The second kappa shape index (κ2) is 9.26. The maximum Gasteiger partial charge on any atom is 0.252 e. The van der Waals surface area contributed by atoms with Crippen molar-refractivity contribution in [1.29, 1.82) is 0 Å². The average Bonchev–Trinajstić information content (AvgIpc) is 3.29. The number of nitrogens with two attached hydrogens (primary N) is 1. The minimum atomic E-state index is -0.495. The number of rotatable bonds is 7. The lowest BCUT2D eigenvalue weighted by molar-refractivity contribution is 0.0952. The van der Waals surface area contributed by atoms with Crippen molar-refractivity contribution < 1.29 is 18.4 Å². The molecule has 32 heavy (non-hydrogen) atoms. The van der Waals surface area contributed by atoms with Crippen molar-refractivity contribution in [2.45, 2.75) is 6.42 Å². The predicted molar refractivity (Wildman–Crippen MR) is 118 cm³/mol. The third-order valence-corrected chi connectivity index (χ3v) is 4.96. The van der Waals surface area contributed by atoms with Gasteiger partial charge < -0.3 is 15.5 Å². The van der Waals surface area contributed by atoms with E-state index in [-0.39, 0.29) is 17.6 Å². The fraction of sp³-hybridized carbons (Fsp3) is 0.0800.